The Hall–Kier alpha value is -3.67. The summed E-state index contributed by atoms with van der Waals surface area (Å²) in [7, 11) is 0. The van der Waals surface area contributed by atoms with E-state index in [0.29, 0.717) is 19.3 Å². The first-order valence-corrected chi connectivity index (χ1v) is 27.2. The van der Waals surface area contributed by atoms with Crippen molar-refractivity contribution in [2.45, 2.75) is 252 Å². The molecule has 0 amide bonds. The van der Waals surface area contributed by atoms with Crippen molar-refractivity contribution in [3.8, 4) is 0 Å². The molecule has 0 unspecified atom stereocenters. The van der Waals surface area contributed by atoms with Crippen molar-refractivity contribution in [2.75, 3.05) is 13.2 Å². The summed E-state index contributed by atoms with van der Waals surface area (Å²) in [6.45, 7) is 6.50. The molecule has 0 aromatic heterocycles. The van der Waals surface area contributed by atoms with Crippen LogP contribution >= 0.6 is 0 Å². The van der Waals surface area contributed by atoms with Gasteiger partial charge in [0.15, 0.2) is 6.10 Å². The lowest BCUT2D eigenvalue weighted by atomic mass is 10.0. The number of carbonyl (C=O) groups excluding carboxylic acids is 3. The van der Waals surface area contributed by atoms with Crippen LogP contribution in [-0.2, 0) is 28.6 Å². The predicted octanol–water partition coefficient (Wildman–Crippen LogP) is 18.1. The van der Waals surface area contributed by atoms with Gasteiger partial charge in [-0.1, -0.05) is 221 Å². The first-order valence-electron chi connectivity index (χ1n) is 27.2. The van der Waals surface area contributed by atoms with Crippen molar-refractivity contribution in [3.05, 3.63) is 97.2 Å². The Morgan fingerprint density at radius 2 is 0.561 bits per heavy atom. The molecule has 0 aliphatic rings. The van der Waals surface area contributed by atoms with Gasteiger partial charge in [0.05, 0.1) is 0 Å². The standard InChI is InChI=1S/C60H100O6/c1-4-7-10-13-16-19-22-25-27-29-30-32-33-35-38-41-44-47-50-53-59(62)65-56-57(55-64-58(61)52-49-46-43-40-37-24-21-18-15-12-9-6-3)66-60(63)54-51-48-45-42-39-36-34-31-28-26-23-20-17-14-11-8-5-2/h16-17,19-20,25-28,30,32,34-36,38,42,45,57H,4-15,18,21-24,29,31,33,37,39-41,43-44,46-56H2,1-3H3/b19-16-,20-17-,27-25-,28-26-,32-30-,36-34-,38-35-,45-42-/t57-/m1/s1. The van der Waals surface area contributed by atoms with Crippen molar-refractivity contribution in [1.29, 1.82) is 0 Å². The van der Waals surface area contributed by atoms with Crippen LogP contribution in [0, 0.1) is 0 Å². The lowest BCUT2D eigenvalue weighted by Crippen LogP contribution is -2.30. The molecule has 0 N–H and O–H groups in total. The van der Waals surface area contributed by atoms with E-state index in [-0.39, 0.29) is 37.5 Å². The van der Waals surface area contributed by atoms with Crippen LogP contribution in [-0.4, -0.2) is 37.2 Å². The SMILES string of the molecule is CCCCC/C=C\C/C=C\C/C=C\C/C=C\CCCCCC(=O)OC[C@@H](COC(=O)CCCCCCCCCCCCCC)OC(=O)CCC/C=C\C/C=C\C/C=C\C/C=C\CCCCC. The molecule has 0 fully saturated rings. The lowest BCUT2D eigenvalue weighted by molar-refractivity contribution is -0.167. The summed E-state index contributed by atoms with van der Waals surface area (Å²) in [4.78, 5) is 38.0. The summed E-state index contributed by atoms with van der Waals surface area (Å²) < 4.78 is 16.7. The third kappa shape index (κ3) is 51.3. The Morgan fingerprint density at radius 3 is 0.924 bits per heavy atom. The molecule has 0 radical (unpaired) electrons. The van der Waals surface area contributed by atoms with Crippen LogP contribution in [0.4, 0.5) is 0 Å². The van der Waals surface area contributed by atoms with Crippen LogP contribution in [0.2, 0.25) is 0 Å². The van der Waals surface area contributed by atoms with E-state index >= 15 is 0 Å². The number of ether oxygens (including phenoxy) is 3. The van der Waals surface area contributed by atoms with E-state index in [1.807, 2.05) is 0 Å². The predicted molar refractivity (Wildman–Crippen MR) is 284 cm³/mol. The third-order valence-corrected chi connectivity index (χ3v) is 11.3. The van der Waals surface area contributed by atoms with Crippen molar-refractivity contribution in [1.82, 2.24) is 0 Å². The molecular weight excluding hydrogens is 817 g/mol. The van der Waals surface area contributed by atoms with E-state index in [2.05, 4.69) is 118 Å². The second kappa shape index (κ2) is 53.9. The highest BCUT2D eigenvalue weighted by molar-refractivity contribution is 5.71. The van der Waals surface area contributed by atoms with Crippen LogP contribution in [0.25, 0.3) is 0 Å². The van der Waals surface area contributed by atoms with E-state index in [1.165, 1.54) is 109 Å². The van der Waals surface area contributed by atoms with Gasteiger partial charge in [0.25, 0.3) is 0 Å². The van der Waals surface area contributed by atoms with Crippen molar-refractivity contribution in [3.63, 3.8) is 0 Å². The van der Waals surface area contributed by atoms with Gasteiger partial charge in [-0.3, -0.25) is 14.4 Å². The van der Waals surface area contributed by atoms with Crippen molar-refractivity contribution in [2.24, 2.45) is 0 Å². The average Bonchev–Trinajstić information content (AvgIpc) is 3.31. The number of hydrogen-bond donors (Lipinski definition) is 0. The Labute approximate surface area is 407 Å². The van der Waals surface area contributed by atoms with Gasteiger partial charge in [0.2, 0.25) is 0 Å². The minimum atomic E-state index is -0.818. The maximum atomic E-state index is 12.8. The van der Waals surface area contributed by atoms with E-state index < -0.39 is 6.10 Å². The fraction of sp³-hybridized carbons (Fsp3) is 0.683. The van der Waals surface area contributed by atoms with Crippen LogP contribution in [0.5, 0.6) is 0 Å². The van der Waals surface area contributed by atoms with Gasteiger partial charge in [0.1, 0.15) is 13.2 Å². The molecule has 0 aromatic rings. The molecule has 0 rings (SSSR count). The maximum absolute atomic E-state index is 12.8. The van der Waals surface area contributed by atoms with Gasteiger partial charge in [0, 0.05) is 19.3 Å². The minimum absolute atomic E-state index is 0.109. The first kappa shape index (κ1) is 62.3. The van der Waals surface area contributed by atoms with E-state index in [0.717, 1.165) is 89.9 Å². The van der Waals surface area contributed by atoms with Gasteiger partial charge < -0.3 is 14.2 Å². The molecule has 0 saturated carbocycles. The highest BCUT2D eigenvalue weighted by Crippen LogP contribution is 2.14. The molecule has 376 valence electrons. The Balaban J connectivity index is 4.52. The highest BCUT2D eigenvalue weighted by Gasteiger charge is 2.19. The van der Waals surface area contributed by atoms with Crippen molar-refractivity contribution < 1.29 is 28.6 Å². The molecule has 6 heteroatoms. The van der Waals surface area contributed by atoms with E-state index in [4.69, 9.17) is 14.2 Å². The molecular formula is C60H100O6. The van der Waals surface area contributed by atoms with Crippen LogP contribution < -0.4 is 0 Å². The summed E-state index contributed by atoms with van der Waals surface area (Å²) in [6, 6.07) is 0. The Kier molecular flexibility index (Phi) is 50.9. The lowest BCUT2D eigenvalue weighted by Gasteiger charge is -2.18. The molecule has 0 heterocycles. The first-order chi connectivity index (χ1) is 32.5. The van der Waals surface area contributed by atoms with Gasteiger partial charge >= 0.3 is 17.9 Å². The fourth-order valence-corrected chi connectivity index (χ4v) is 7.18. The summed E-state index contributed by atoms with van der Waals surface area (Å²) in [5.74, 6) is -0.998. The molecule has 0 bridgehead atoms. The number of hydrogen-bond acceptors (Lipinski definition) is 6. The molecule has 66 heavy (non-hydrogen) atoms. The van der Waals surface area contributed by atoms with Gasteiger partial charge in [-0.25, -0.2) is 0 Å². The van der Waals surface area contributed by atoms with Gasteiger partial charge in [-0.2, -0.15) is 0 Å². The second-order valence-electron chi connectivity index (χ2n) is 17.8. The van der Waals surface area contributed by atoms with E-state index in [1.54, 1.807) is 0 Å². The number of esters is 3. The topological polar surface area (TPSA) is 78.9 Å². The Morgan fingerprint density at radius 1 is 0.303 bits per heavy atom. The highest BCUT2D eigenvalue weighted by atomic mass is 16.6. The molecule has 0 aromatic carbocycles. The summed E-state index contributed by atoms with van der Waals surface area (Å²) in [5.41, 5.74) is 0. The van der Waals surface area contributed by atoms with Crippen LogP contribution in [0.15, 0.2) is 97.2 Å². The monoisotopic (exact) mass is 917 g/mol. The molecule has 0 spiro atoms. The normalized spacial score (nSPS) is 12.8. The quantitative estimate of drug-likeness (QED) is 0.0262. The maximum Gasteiger partial charge on any atom is 0.306 e. The molecule has 0 aliphatic carbocycles. The summed E-state index contributed by atoms with van der Waals surface area (Å²) in [6.07, 6.45) is 71.1. The summed E-state index contributed by atoms with van der Waals surface area (Å²) >= 11 is 0. The largest absolute Gasteiger partial charge is 0.462 e. The fourth-order valence-electron chi connectivity index (χ4n) is 7.18. The van der Waals surface area contributed by atoms with Gasteiger partial charge in [-0.05, 0) is 103 Å². The molecule has 1 atom stereocenters. The average molecular weight is 917 g/mol. The van der Waals surface area contributed by atoms with Crippen molar-refractivity contribution >= 4 is 17.9 Å². The number of allylic oxidation sites excluding steroid dienone is 16. The molecule has 0 saturated heterocycles. The van der Waals surface area contributed by atoms with Gasteiger partial charge in [-0.15, -0.1) is 0 Å². The zero-order valence-electron chi connectivity index (χ0n) is 42.9. The molecule has 6 nitrogen and oxygen atoms in total. The minimum Gasteiger partial charge on any atom is -0.462 e. The van der Waals surface area contributed by atoms with Crippen LogP contribution in [0.1, 0.15) is 245 Å². The number of carbonyl (C=O) groups is 3. The second-order valence-corrected chi connectivity index (χ2v) is 17.8. The Bertz CT molecular complexity index is 1330. The zero-order chi connectivity index (χ0) is 47.9. The van der Waals surface area contributed by atoms with Crippen LogP contribution in [0.3, 0.4) is 0 Å². The number of rotatable bonds is 48. The number of unbranched alkanes of at least 4 members (excludes halogenated alkanes) is 21. The van der Waals surface area contributed by atoms with E-state index in [9.17, 15) is 14.4 Å². The summed E-state index contributed by atoms with van der Waals surface area (Å²) in [5, 5.41) is 0. The zero-order valence-corrected chi connectivity index (χ0v) is 42.9. The smallest absolute Gasteiger partial charge is 0.306 e. The third-order valence-electron chi connectivity index (χ3n) is 11.3. The molecule has 0 aliphatic heterocycles.